The molecule has 0 radical (unpaired) electrons. The van der Waals surface area contributed by atoms with Crippen LogP contribution >= 0.6 is 0 Å². The first-order chi connectivity index (χ1) is 26.2. The topological polar surface area (TPSA) is 26.3 Å². The van der Waals surface area contributed by atoms with E-state index < -0.39 is 0 Å². The third-order valence-electron chi connectivity index (χ3n) is 24.7. The number of carbonyl (C=O) groups is 1. The number of hydrogen-bond donors (Lipinski definition) is 0. The number of methoxy groups -OCH3 is 1. The minimum atomic E-state index is 0.0128. The fourth-order valence-corrected chi connectivity index (χ4v) is 26.1. The molecule has 0 amide bonds. The highest BCUT2D eigenvalue weighted by molar-refractivity contribution is 5.69. The Bertz CT molecular complexity index is 2160. The van der Waals surface area contributed by atoms with Crippen LogP contribution in [0.15, 0.2) is 64.8 Å². The summed E-state index contributed by atoms with van der Waals surface area (Å²) in [7, 11) is 1.61. The van der Waals surface area contributed by atoms with Crippen molar-refractivity contribution < 1.29 is 9.53 Å². The van der Waals surface area contributed by atoms with Gasteiger partial charge in [-0.25, -0.2) is 0 Å². The van der Waals surface area contributed by atoms with Crippen molar-refractivity contribution in [3.63, 3.8) is 0 Å². The van der Waals surface area contributed by atoms with Crippen LogP contribution in [0.4, 0.5) is 0 Å². The minimum absolute atomic E-state index is 0.0128. The Morgan fingerprint density at radius 2 is 1.40 bits per heavy atom. The maximum atomic E-state index is 12.8. The molecule has 2 nitrogen and oxygen atoms in total. The molecule has 0 heterocycles. The molecular weight excluding hydrogens is 645 g/mol. The number of hydrogen-bond acceptors (Lipinski definition) is 2. The van der Waals surface area contributed by atoms with Crippen molar-refractivity contribution in [1.82, 2.24) is 0 Å². The first-order valence-corrected chi connectivity index (χ1v) is 23.4. The molecule has 0 saturated heterocycles. The molecule has 0 aromatic heterocycles. The highest BCUT2D eigenvalue weighted by Gasteiger charge is 2.94. The van der Waals surface area contributed by atoms with Crippen molar-refractivity contribution >= 4 is 5.97 Å². The van der Waals surface area contributed by atoms with E-state index in [4.69, 9.17) is 4.74 Å². The minimum Gasteiger partial charge on any atom is -0.469 e. The van der Waals surface area contributed by atoms with Crippen molar-refractivity contribution in [3.8, 4) is 0 Å². The maximum Gasteiger partial charge on any atom is 0.305 e. The zero-order valence-corrected chi connectivity index (χ0v) is 31.2. The molecule has 1 aromatic rings. The monoisotopic (exact) mass is 698 g/mol. The summed E-state index contributed by atoms with van der Waals surface area (Å²) >= 11 is 0. The molecule has 13 saturated carbocycles. The Hall–Kier alpha value is -2.09. The molecule has 18 rings (SSSR count). The number of esters is 1. The molecule has 1 aromatic carbocycles. The molecule has 0 N–H and O–H groups in total. The van der Waals surface area contributed by atoms with Gasteiger partial charge in [0.1, 0.15) is 0 Å². The SMILES string of the molecule is COC(=O)CCCC1(c2ccccc2)C2C3CC4CC5=CC6CC7=C8C9C(CC%10=CC%11CC21C1C%11C2C%10C9C9C%10C8C6C6C5C4C4C3C1C(C29)C4C6%10)C7. The summed E-state index contributed by atoms with van der Waals surface area (Å²) in [6.07, 6.45) is 18.1. The van der Waals surface area contributed by atoms with E-state index in [0.29, 0.717) is 11.8 Å². The van der Waals surface area contributed by atoms with Crippen LogP contribution in [0, 0.1) is 159 Å². The van der Waals surface area contributed by atoms with E-state index in [1.165, 1.54) is 38.5 Å². The number of rotatable bonds is 5. The summed E-state index contributed by atoms with van der Waals surface area (Å²) in [5.41, 5.74) is 10.8. The van der Waals surface area contributed by atoms with Crippen molar-refractivity contribution in [1.29, 1.82) is 0 Å². The smallest absolute Gasteiger partial charge is 0.305 e. The molecule has 17 aliphatic rings. The Balaban J connectivity index is 0.946. The lowest BCUT2D eigenvalue weighted by molar-refractivity contribution is -0.140. The predicted molar refractivity (Wildman–Crippen MR) is 198 cm³/mol. The fourth-order valence-electron chi connectivity index (χ4n) is 26.1. The van der Waals surface area contributed by atoms with E-state index in [-0.39, 0.29) is 11.4 Å². The van der Waals surface area contributed by atoms with Crippen LogP contribution in [0.5, 0.6) is 0 Å². The first kappa shape index (κ1) is 27.5. The van der Waals surface area contributed by atoms with E-state index in [0.717, 1.165) is 160 Å². The summed E-state index contributed by atoms with van der Waals surface area (Å²) in [5.74, 6) is 26.3. The van der Waals surface area contributed by atoms with E-state index in [1.54, 1.807) is 19.1 Å². The van der Waals surface area contributed by atoms with E-state index in [9.17, 15) is 4.79 Å². The predicted octanol–water partition coefficient (Wildman–Crippen LogP) is 9.00. The number of fused-ring (bicyclic) bond motifs is 1. The lowest BCUT2D eigenvalue weighted by Crippen LogP contribution is -2.58. The van der Waals surface area contributed by atoms with Gasteiger partial charge in [0.25, 0.3) is 0 Å². The van der Waals surface area contributed by atoms with Crippen molar-refractivity contribution in [3.05, 3.63) is 70.3 Å². The Kier molecular flexibility index (Phi) is 4.10. The van der Waals surface area contributed by atoms with Gasteiger partial charge < -0.3 is 4.74 Å². The van der Waals surface area contributed by atoms with Crippen molar-refractivity contribution in [2.75, 3.05) is 7.11 Å². The van der Waals surface area contributed by atoms with Gasteiger partial charge in [-0.15, -0.1) is 0 Å². The number of allylic oxidation sites excluding steroid dienone is 6. The zero-order chi connectivity index (χ0) is 33.5. The molecule has 2 heteroatoms. The van der Waals surface area contributed by atoms with Crippen LogP contribution in [0.3, 0.4) is 0 Å². The summed E-state index contributed by atoms with van der Waals surface area (Å²) in [6.45, 7) is 0. The number of benzene rings is 1. The van der Waals surface area contributed by atoms with Gasteiger partial charge in [0.15, 0.2) is 0 Å². The average Bonchev–Trinajstić information content (AvgIpc) is 3.86. The van der Waals surface area contributed by atoms with Crippen molar-refractivity contribution in [2.24, 2.45) is 159 Å². The van der Waals surface area contributed by atoms with E-state index in [2.05, 4.69) is 64.8 Å². The number of ether oxygens (including phenoxy) is 1. The molecule has 0 bridgehead atoms. The third kappa shape index (κ3) is 2.31. The normalized spacial score (nSPS) is 68.6. The Labute approximate surface area is 314 Å². The van der Waals surface area contributed by atoms with Crippen LogP contribution in [0.2, 0.25) is 0 Å². The molecule has 13 fully saturated rings. The molecule has 28 unspecified atom stereocenters. The van der Waals surface area contributed by atoms with Crippen LogP contribution in [0.25, 0.3) is 0 Å². The highest BCUT2D eigenvalue weighted by Crippen LogP contribution is 2.98. The van der Waals surface area contributed by atoms with Gasteiger partial charge in [-0.05, 0) is 216 Å². The second-order valence-corrected chi connectivity index (χ2v) is 23.9. The molecule has 1 spiro atoms. The Morgan fingerprint density at radius 3 is 2.28 bits per heavy atom. The molecule has 28 atom stereocenters. The molecular formula is C51H54O2. The summed E-state index contributed by atoms with van der Waals surface area (Å²) in [6, 6.07) is 12.3. The highest BCUT2D eigenvalue weighted by atomic mass is 16.5. The largest absolute Gasteiger partial charge is 0.469 e. The molecule has 0 aliphatic heterocycles. The summed E-state index contributed by atoms with van der Waals surface area (Å²) < 4.78 is 5.31. The van der Waals surface area contributed by atoms with Gasteiger partial charge in [-0.2, -0.15) is 0 Å². The van der Waals surface area contributed by atoms with Gasteiger partial charge in [0.05, 0.1) is 7.11 Å². The summed E-state index contributed by atoms with van der Waals surface area (Å²) in [4.78, 5) is 12.8. The molecule has 53 heavy (non-hydrogen) atoms. The second kappa shape index (κ2) is 7.90. The quantitative estimate of drug-likeness (QED) is 0.227. The van der Waals surface area contributed by atoms with Crippen LogP contribution in [0.1, 0.15) is 63.4 Å². The first-order valence-electron chi connectivity index (χ1n) is 23.4. The van der Waals surface area contributed by atoms with Gasteiger partial charge in [-0.3, -0.25) is 4.79 Å². The molecule has 270 valence electrons. The number of carbonyl (C=O) groups excluding carboxylic acids is 1. The van der Waals surface area contributed by atoms with Gasteiger partial charge in [0, 0.05) is 11.8 Å². The van der Waals surface area contributed by atoms with Gasteiger partial charge >= 0.3 is 5.97 Å². The van der Waals surface area contributed by atoms with Crippen LogP contribution < -0.4 is 0 Å². The van der Waals surface area contributed by atoms with Crippen LogP contribution in [-0.2, 0) is 14.9 Å². The Morgan fingerprint density at radius 1 is 0.679 bits per heavy atom. The lowest BCUT2D eigenvalue weighted by atomic mass is 9.43. The van der Waals surface area contributed by atoms with E-state index >= 15 is 0 Å². The fraction of sp³-hybridized carbons (Fsp3) is 0.745. The van der Waals surface area contributed by atoms with Gasteiger partial charge in [-0.1, -0.05) is 64.8 Å². The van der Waals surface area contributed by atoms with E-state index in [1.807, 2.05) is 0 Å². The third-order valence-corrected chi connectivity index (χ3v) is 24.7. The maximum absolute atomic E-state index is 12.8. The lowest BCUT2D eigenvalue weighted by Gasteiger charge is -2.61. The second-order valence-electron chi connectivity index (χ2n) is 23.9. The molecule has 17 aliphatic carbocycles. The van der Waals surface area contributed by atoms with Gasteiger partial charge in [0.2, 0.25) is 0 Å². The standard InChI is InChI=1S/C51H54O2/c1-53-27(52)8-5-9-50(25-6-3-2-4-7-25)49-26-16-23-14-20-12-21-11-18-10-19-13-22-15-24-17-51(49,50)48-34(24)39-33(22)38-29(19)28(18)36-32(21)37-30(20)31(23)40-35(26)47(48)46-44(39)42(38)41(36)43(37)45(40)46/h2-4,6-7,12,15,19,21,23-24,26,29-49H,5,8-11,13-14,16-17H2,1H3. The average molecular weight is 699 g/mol. The zero-order valence-electron chi connectivity index (χ0n) is 31.2. The summed E-state index contributed by atoms with van der Waals surface area (Å²) in [5, 5.41) is 0. The van der Waals surface area contributed by atoms with Crippen molar-refractivity contribution in [2.45, 2.75) is 63.2 Å². The van der Waals surface area contributed by atoms with Crippen LogP contribution in [-0.4, -0.2) is 13.1 Å².